The third-order valence-electron chi connectivity index (χ3n) is 3.04. The van der Waals surface area contributed by atoms with Gasteiger partial charge in [-0.15, -0.1) is 0 Å². The van der Waals surface area contributed by atoms with Crippen LogP contribution in [0.3, 0.4) is 0 Å². The van der Waals surface area contributed by atoms with Gasteiger partial charge in [-0.25, -0.2) is 17.6 Å². The molecule has 0 saturated heterocycles. The van der Waals surface area contributed by atoms with E-state index in [0.717, 1.165) is 0 Å². The van der Waals surface area contributed by atoms with Gasteiger partial charge in [0.15, 0.2) is 23.3 Å². The first-order valence-corrected chi connectivity index (χ1v) is 5.46. The maximum atomic E-state index is 13.5. The van der Waals surface area contributed by atoms with Crippen molar-refractivity contribution in [2.45, 2.75) is 19.0 Å². The van der Waals surface area contributed by atoms with Crippen LogP contribution in [-0.2, 0) is 11.2 Å². The molecular weight excluding hydrogens is 309 g/mol. The Morgan fingerprint density at radius 1 is 0.905 bits per heavy atom. The lowest BCUT2D eigenvalue weighted by atomic mass is 9.87. The number of allylic oxidation sites excluding steroid dienone is 1. The first kappa shape index (κ1) is 15.3. The Hall–Kier alpha value is -2.06. The van der Waals surface area contributed by atoms with Gasteiger partial charge in [0, 0.05) is 11.1 Å². The molecule has 1 aliphatic rings. The van der Waals surface area contributed by atoms with Gasteiger partial charge in [-0.2, -0.15) is 13.2 Å². The lowest BCUT2D eigenvalue weighted by Gasteiger charge is -2.21. The van der Waals surface area contributed by atoms with Gasteiger partial charge < -0.3 is 5.11 Å². The van der Waals surface area contributed by atoms with E-state index in [4.69, 9.17) is 0 Å². The van der Waals surface area contributed by atoms with Crippen LogP contribution in [0.25, 0.3) is 5.76 Å². The molecule has 0 fully saturated rings. The van der Waals surface area contributed by atoms with E-state index < -0.39 is 70.5 Å². The predicted molar refractivity (Wildman–Crippen MR) is 55.2 cm³/mol. The third kappa shape index (κ3) is 2.26. The standard InChI is InChI=1S/C12H5F7O2/c13-6-3-1-2-4(11(21)12(17,18)19)10(20)5(3)7(14)9(16)8(6)15/h20H,1-2H2. The molecule has 21 heavy (non-hydrogen) atoms. The summed E-state index contributed by atoms with van der Waals surface area (Å²) in [6, 6.07) is 0. The fraction of sp³-hybridized carbons (Fsp3) is 0.250. The molecule has 2 nitrogen and oxygen atoms in total. The summed E-state index contributed by atoms with van der Waals surface area (Å²) in [7, 11) is 0. The summed E-state index contributed by atoms with van der Waals surface area (Å²) in [5.74, 6) is -12.3. The minimum atomic E-state index is -5.34. The van der Waals surface area contributed by atoms with Crippen LogP contribution in [0.2, 0.25) is 0 Å². The number of fused-ring (bicyclic) bond motifs is 1. The molecule has 9 heteroatoms. The topological polar surface area (TPSA) is 37.3 Å². The number of ketones is 1. The number of carbonyl (C=O) groups is 1. The molecule has 0 atom stereocenters. The van der Waals surface area contributed by atoms with Crippen molar-refractivity contribution in [3.05, 3.63) is 40.0 Å². The number of rotatable bonds is 1. The Morgan fingerprint density at radius 3 is 1.95 bits per heavy atom. The van der Waals surface area contributed by atoms with Gasteiger partial charge in [-0.3, -0.25) is 4.79 Å². The summed E-state index contributed by atoms with van der Waals surface area (Å²) in [6.45, 7) is 0. The van der Waals surface area contributed by atoms with Crippen molar-refractivity contribution in [2.75, 3.05) is 0 Å². The third-order valence-corrected chi connectivity index (χ3v) is 3.04. The molecule has 0 spiro atoms. The summed E-state index contributed by atoms with van der Waals surface area (Å²) in [5.41, 5.74) is -3.30. The molecule has 0 amide bonds. The van der Waals surface area contributed by atoms with Crippen molar-refractivity contribution in [2.24, 2.45) is 0 Å². The highest BCUT2D eigenvalue weighted by Gasteiger charge is 2.44. The first-order chi connectivity index (χ1) is 9.57. The Balaban J connectivity index is 2.72. The molecule has 1 aliphatic carbocycles. The van der Waals surface area contributed by atoms with Crippen LogP contribution in [0, 0.1) is 23.3 Å². The Kier molecular flexibility index (Phi) is 3.46. The molecule has 0 heterocycles. The molecule has 0 aliphatic heterocycles. The Bertz CT molecular complexity index is 673. The second-order valence-corrected chi connectivity index (χ2v) is 4.26. The van der Waals surface area contributed by atoms with Crippen molar-refractivity contribution >= 4 is 11.5 Å². The number of halogens is 7. The van der Waals surface area contributed by atoms with Gasteiger partial charge >= 0.3 is 6.18 Å². The molecule has 0 saturated carbocycles. The number of benzene rings is 1. The molecule has 1 aromatic carbocycles. The van der Waals surface area contributed by atoms with Gasteiger partial charge in [0.05, 0.1) is 5.56 Å². The zero-order valence-corrected chi connectivity index (χ0v) is 9.92. The molecule has 0 bridgehead atoms. The maximum Gasteiger partial charge on any atom is 0.454 e. The first-order valence-electron chi connectivity index (χ1n) is 5.46. The molecular formula is C12H5F7O2. The van der Waals surface area contributed by atoms with Crippen molar-refractivity contribution in [3.63, 3.8) is 0 Å². The number of aliphatic hydroxyl groups excluding tert-OH is 1. The molecule has 0 aromatic heterocycles. The fourth-order valence-corrected chi connectivity index (χ4v) is 2.07. The lowest BCUT2D eigenvalue weighted by Crippen LogP contribution is -2.28. The molecule has 1 N–H and O–H groups in total. The van der Waals surface area contributed by atoms with E-state index in [1.165, 1.54) is 0 Å². The summed E-state index contributed by atoms with van der Waals surface area (Å²) >= 11 is 0. The summed E-state index contributed by atoms with van der Waals surface area (Å²) < 4.78 is 90.0. The largest absolute Gasteiger partial charge is 0.507 e. The van der Waals surface area contributed by atoms with E-state index in [9.17, 15) is 40.6 Å². The van der Waals surface area contributed by atoms with Crippen LogP contribution < -0.4 is 0 Å². The second-order valence-electron chi connectivity index (χ2n) is 4.26. The molecule has 1 aromatic rings. The van der Waals surface area contributed by atoms with Crippen LogP contribution >= 0.6 is 0 Å². The van der Waals surface area contributed by atoms with Gasteiger partial charge in [0.2, 0.25) is 0 Å². The highest BCUT2D eigenvalue weighted by molar-refractivity contribution is 6.05. The minimum Gasteiger partial charge on any atom is -0.507 e. The quantitative estimate of drug-likeness (QED) is 0.489. The van der Waals surface area contributed by atoms with E-state index in [0.29, 0.717) is 0 Å². The van der Waals surface area contributed by atoms with Gasteiger partial charge in [0.1, 0.15) is 5.76 Å². The van der Waals surface area contributed by atoms with Crippen LogP contribution in [0.4, 0.5) is 30.7 Å². The van der Waals surface area contributed by atoms with E-state index >= 15 is 0 Å². The van der Waals surface area contributed by atoms with Gasteiger partial charge in [-0.1, -0.05) is 0 Å². The number of aliphatic hydroxyl groups is 1. The van der Waals surface area contributed by atoms with Crippen molar-refractivity contribution in [1.82, 2.24) is 0 Å². The monoisotopic (exact) mass is 314 g/mol. The van der Waals surface area contributed by atoms with Crippen LogP contribution in [0.5, 0.6) is 0 Å². The van der Waals surface area contributed by atoms with E-state index in [-0.39, 0.29) is 0 Å². The SMILES string of the molecule is O=C(C1=C(O)c2c(F)c(F)c(F)c(F)c2CC1)C(F)(F)F. The average molecular weight is 314 g/mol. The molecule has 114 valence electrons. The molecule has 0 unspecified atom stereocenters. The Labute approximate surface area is 112 Å². The van der Waals surface area contributed by atoms with Crippen LogP contribution in [0.1, 0.15) is 17.5 Å². The fourth-order valence-electron chi connectivity index (χ4n) is 2.07. The summed E-state index contributed by atoms with van der Waals surface area (Å²) in [6.07, 6.45) is -6.80. The molecule has 0 radical (unpaired) electrons. The number of hydrogen-bond donors (Lipinski definition) is 1. The highest BCUT2D eigenvalue weighted by atomic mass is 19.4. The number of hydrogen-bond acceptors (Lipinski definition) is 2. The number of Topliss-reactive ketones (excluding diaryl/α,β-unsaturated/α-hetero) is 1. The number of carbonyl (C=O) groups excluding carboxylic acids is 1. The maximum absolute atomic E-state index is 13.5. The zero-order chi connectivity index (χ0) is 16.1. The van der Waals surface area contributed by atoms with E-state index in [1.54, 1.807) is 0 Å². The van der Waals surface area contributed by atoms with E-state index in [2.05, 4.69) is 0 Å². The second kappa shape index (κ2) is 4.74. The van der Waals surface area contributed by atoms with Crippen molar-refractivity contribution < 1.29 is 40.6 Å². The minimum absolute atomic E-state index is 0.684. The highest BCUT2D eigenvalue weighted by Crippen LogP contribution is 2.38. The summed E-state index contributed by atoms with van der Waals surface area (Å²) in [4.78, 5) is 11.1. The number of alkyl halides is 3. The van der Waals surface area contributed by atoms with E-state index in [1.807, 2.05) is 0 Å². The normalized spacial score (nSPS) is 15.2. The Morgan fingerprint density at radius 2 is 1.43 bits per heavy atom. The van der Waals surface area contributed by atoms with Gasteiger partial charge in [0.25, 0.3) is 5.78 Å². The average Bonchev–Trinajstić information content (AvgIpc) is 2.40. The lowest BCUT2D eigenvalue weighted by molar-refractivity contribution is -0.166. The van der Waals surface area contributed by atoms with Crippen molar-refractivity contribution in [1.29, 1.82) is 0 Å². The molecule has 2 rings (SSSR count). The van der Waals surface area contributed by atoms with Crippen LogP contribution in [-0.4, -0.2) is 17.1 Å². The summed E-state index contributed by atoms with van der Waals surface area (Å²) in [5, 5.41) is 9.54. The zero-order valence-electron chi connectivity index (χ0n) is 9.92. The van der Waals surface area contributed by atoms with Crippen LogP contribution in [0.15, 0.2) is 5.57 Å². The van der Waals surface area contributed by atoms with Gasteiger partial charge in [-0.05, 0) is 12.8 Å². The predicted octanol–water partition coefficient (Wildman–Crippen LogP) is 3.59. The smallest absolute Gasteiger partial charge is 0.454 e. The van der Waals surface area contributed by atoms with Crippen molar-refractivity contribution in [3.8, 4) is 0 Å².